The van der Waals surface area contributed by atoms with Crippen LogP contribution in [0.3, 0.4) is 0 Å². The van der Waals surface area contributed by atoms with Gasteiger partial charge in [0, 0.05) is 25.7 Å². The molecule has 106 heavy (non-hydrogen) atoms. The van der Waals surface area contributed by atoms with Crippen LogP contribution in [0.4, 0.5) is 0 Å². The average Bonchev–Trinajstić information content (AvgIpc) is 0.903. The third kappa shape index (κ3) is 76.6. The first-order chi connectivity index (χ1) is 51.7. The maximum absolute atomic E-state index is 13.1. The van der Waals surface area contributed by atoms with Crippen molar-refractivity contribution in [2.45, 2.75) is 316 Å². The lowest BCUT2D eigenvalue weighted by Gasteiger charge is -2.21. The van der Waals surface area contributed by atoms with Crippen LogP contribution in [0.2, 0.25) is 0 Å². The van der Waals surface area contributed by atoms with E-state index >= 15 is 0 Å². The van der Waals surface area contributed by atoms with Crippen molar-refractivity contribution in [2.75, 3.05) is 39.6 Å². The van der Waals surface area contributed by atoms with Gasteiger partial charge in [0.1, 0.15) is 19.3 Å². The molecule has 602 valence electrons. The molecule has 19 heteroatoms. The molecule has 2 unspecified atom stereocenters. The van der Waals surface area contributed by atoms with Gasteiger partial charge >= 0.3 is 39.5 Å². The summed E-state index contributed by atoms with van der Waals surface area (Å²) in [5, 5.41) is 10.6. The van der Waals surface area contributed by atoms with E-state index in [-0.39, 0.29) is 25.7 Å². The molecule has 0 saturated heterocycles. The van der Waals surface area contributed by atoms with E-state index < -0.39 is 97.5 Å². The topological polar surface area (TPSA) is 237 Å². The Morgan fingerprint density at radius 3 is 0.821 bits per heavy atom. The number of carbonyl (C=O) groups is 4. The zero-order valence-corrected chi connectivity index (χ0v) is 67.6. The van der Waals surface area contributed by atoms with Crippen molar-refractivity contribution in [1.82, 2.24) is 0 Å². The van der Waals surface area contributed by atoms with Crippen molar-refractivity contribution in [1.29, 1.82) is 0 Å². The highest BCUT2D eigenvalue weighted by molar-refractivity contribution is 7.47. The van der Waals surface area contributed by atoms with Crippen LogP contribution in [0, 0.1) is 0 Å². The summed E-state index contributed by atoms with van der Waals surface area (Å²) < 4.78 is 68.5. The van der Waals surface area contributed by atoms with Crippen LogP contribution in [0.25, 0.3) is 0 Å². The van der Waals surface area contributed by atoms with Gasteiger partial charge in [0.15, 0.2) is 12.2 Å². The molecule has 0 aliphatic rings. The molecular formula is C87H142O17P2. The Morgan fingerprint density at radius 1 is 0.274 bits per heavy atom. The lowest BCUT2D eigenvalue weighted by molar-refractivity contribution is -0.161. The van der Waals surface area contributed by atoms with Gasteiger partial charge in [-0.1, -0.05) is 268 Å². The van der Waals surface area contributed by atoms with E-state index in [0.29, 0.717) is 38.5 Å². The number of allylic oxidation sites excluding steroid dienone is 28. The predicted molar refractivity (Wildman–Crippen MR) is 436 cm³/mol. The van der Waals surface area contributed by atoms with Crippen molar-refractivity contribution < 1.29 is 80.2 Å². The van der Waals surface area contributed by atoms with Crippen LogP contribution in [0.15, 0.2) is 170 Å². The summed E-state index contributed by atoms with van der Waals surface area (Å²) in [6.45, 7) is 4.50. The molecule has 5 atom stereocenters. The largest absolute Gasteiger partial charge is 0.472 e. The molecular weight excluding hydrogens is 1380 g/mol. The molecule has 0 saturated carbocycles. The number of hydrogen-bond acceptors (Lipinski definition) is 15. The number of phosphoric ester groups is 2. The minimum Gasteiger partial charge on any atom is -0.462 e. The molecule has 0 aromatic rings. The summed E-state index contributed by atoms with van der Waals surface area (Å²) in [6.07, 6.45) is 92.0. The van der Waals surface area contributed by atoms with Crippen LogP contribution in [0.1, 0.15) is 297 Å². The molecule has 0 aromatic carbocycles. The minimum absolute atomic E-state index is 0.00355. The molecule has 0 radical (unpaired) electrons. The Kier molecular flexibility index (Phi) is 73.5. The summed E-state index contributed by atoms with van der Waals surface area (Å²) in [4.78, 5) is 73.0. The molecule has 3 N–H and O–H groups in total. The SMILES string of the molecule is CC/C=C\C/C=C\C/C=C\C/C=C\C/C=C\CCCCCC(=O)OC[C@H](COP(=O)(O)OC[C@@H](O)COP(=O)(O)OC[C@@H](COC(=O)CCCCCCC/C=C\CCCCCC)OC(=O)CCC/C=C\C/C=C\C/C=C\C/C=C\CCCCC)OC(=O)CCC/C=C\C/C=C\C/C=C\C/C=C\CCCCC. The number of esters is 4. The summed E-state index contributed by atoms with van der Waals surface area (Å²) >= 11 is 0. The van der Waals surface area contributed by atoms with Crippen LogP contribution < -0.4 is 0 Å². The minimum atomic E-state index is -5.01. The van der Waals surface area contributed by atoms with Crippen molar-refractivity contribution in [2.24, 2.45) is 0 Å². The lowest BCUT2D eigenvalue weighted by atomic mass is 10.1. The highest BCUT2D eigenvalue weighted by Crippen LogP contribution is 2.45. The van der Waals surface area contributed by atoms with Crippen LogP contribution >= 0.6 is 15.6 Å². The van der Waals surface area contributed by atoms with Crippen molar-refractivity contribution >= 4 is 39.5 Å². The third-order valence-electron chi connectivity index (χ3n) is 16.1. The Morgan fingerprint density at radius 2 is 0.500 bits per heavy atom. The Balaban J connectivity index is 5.52. The van der Waals surface area contributed by atoms with Crippen LogP contribution in [-0.4, -0.2) is 96.7 Å². The zero-order chi connectivity index (χ0) is 77.4. The van der Waals surface area contributed by atoms with E-state index in [1.807, 2.05) is 24.3 Å². The molecule has 0 bridgehead atoms. The van der Waals surface area contributed by atoms with Gasteiger partial charge in [-0.3, -0.25) is 37.3 Å². The number of unbranched alkanes of at least 4 members (excludes halogenated alkanes) is 20. The highest BCUT2D eigenvalue weighted by atomic mass is 31.2. The van der Waals surface area contributed by atoms with Crippen molar-refractivity contribution in [3.63, 3.8) is 0 Å². The van der Waals surface area contributed by atoms with E-state index in [1.165, 1.54) is 64.2 Å². The van der Waals surface area contributed by atoms with Crippen LogP contribution in [-0.2, 0) is 65.4 Å². The van der Waals surface area contributed by atoms with Gasteiger partial charge in [-0.05, 0) is 173 Å². The Labute approximate surface area is 642 Å². The number of aliphatic hydroxyl groups excluding tert-OH is 1. The molecule has 0 amide bonds. The maximum Gasteiger partial charge on any atom is 0.472 e. The molecule has 0 spiro atoms. The second-order valence-electron chi connectivity index (χ2n) is 26.3. The summed E-state index contributed by atoms with van der Waals surface area (Å²) in [5.74, 6) is -2.37. The zero-order valence-electron chi connectivity index (χ0n) is 65.8. The summed E-state index contributed by atoms with van der Waals surface area (Å²) in [7, 11) is -10.0. The van der Waals surface area contributed by atoms with E-state index in [0.717, 1.165) is 141 Å². The number of rotatable bonds is 74. The molecule has 0 aromatic heterocycles. The normalized spacial score (nSPS) is 14.7. The van der Waals surface area contributed by atoms with E-state index in [4.69, 9.17) is 37.0 Å². The number of phosphoric acid groups is 2. The Hall–Kier alpha value is -5.58. The van der Waals surface area contributed by atoms with Crippen molar-refractivity contribution in [3.8, 4) is 0 Å². The maximum atomic E-state index is 13.1. The first-order valence-corrected chi connectivity index (χ1v) is 43.4. The van der Waals surface area contributed by atoms with Gasteiger partial charge in [0.2, 0.25) is 0 Å². The Bertz CT molecular complexity index is 2680. The fourth-order valence-corrected chi connectivity index (χ4v) is 11.6. The van der Waals surface area contributed by atoms with Gasteiger partial charge < -0.3 is 33.8 Å². The molecule has 0 rings (SSSR count). The molecule has 0 fully saturated rings. The molecule has 0 aliphatic carbocycles. The monoisotopic (exact) mass is 1520 g/mol. The lowest BCUT2D eigenvalue weighted by Crippen LogP contribution is -2.30. The molecule has 17 nitrogen and oxygen atoms in total. The second kappa shape index (κ2) is 77.6. The summed E-state index contributed by atoms with van der Waals surface area (Å²) in [5.41, 5.74) is 0. The molecule has 0 heterocycles. The standard InChI is InChI=1S/C87H142O17P2/c1-5-9-13-17-21-25-29-33-36-39-40-43-44-48-52-56-60-64-68-72-85(90)98-78-83(104-87(92)74-70-66-62-58-54-50-46-42-38-35-31-27-23-19-15-11-7-3)80-102-106(95,96)100-76-81(88)75-99-105(93,94)101-79-82(77-97-84(89)71-67-63-59-55-51-47-32-28-24-20-16-12-8-4)103-86(91)73-69-65-61-57-53-49-45-41-37-34-30-26-22-18-14-10-6-2/h9,13,21-23,25-28,32-38,40,43,45-46,48-50,52,57-58,61-62,81-83,88H,5-8,10-12,14-20,24,29-31,39,41-42,44,47,51,53-56,59-60,63-80H2,1-4H3,(H,93,94)(H,95,96)/b13-9-,25-21-,26-22-,27-23-,32-28-,36-33-,37-34-,38-35-,43-40-,49-45-,50-46-,52-48-,61-57-,62-58-/t81-,82+,83+/m0/s1. The number of aliphatic hydroxyl groups is 1. The van der Waals surface area contributed by atoms with Gasteiger partial charge in [-0.25, -0.2) is 9.13 Å². The van der Waals surface area contributed by atoms with E-state index in [9.17, 15) is 43.2 Å². The molecule has 0 aliphatic heterocycles. The fraction of sp³-hybridized carbons (Fsp3) is 0.632. The van der Waals surface area contributed by atoms with Crippen molar-refractivity contribution in [3.05, 3.63) is 170 Å². The smallest absolute Gasteiger partial charge is 0.462 e. The first kappa shape index (κ1) is 100. The van der Waals surface area contributed by atoms with Gasteiger partial charge in [0.25, 0.3) is 0 Å². The fourth-order valence-electron chi connectivity index (χ4n) is 9.99. The van der Waals surface area contributed by atoms with Gasteiger partial charge in [0.05, 0.1) is 26.4 Å². The average molecular weight is 1520 g/mol. The van der Waals surface area contributed by atoms with Gasteiger partial charge in [-0.15, -0.1) is 0 Å². The van der Waals surface area contributed by atoms with Gasteiger partial charge in [-0.2, -0.15) is 0 Å². The first-order valence-electron chi connectivity index (χ1n) is 40.4. The predicted octanol–water partition coefficient (Wildman–Crippen LogP) is 23.8. The number of carbonyl (C=O) groups excluding carboxylic acids is 4. The van der Waals surface area contributed by atoms with E-state index in [2.05, 4.69) is 174 Å². The second-order valence-corrected chi connectivity index (χ2v) is 29.2. The van der Waals surface area contributed by atoms with Crippen LogP contribution in [0.5, 0.6) is 0 Å². The van der Waals surface area contributed by atoms with E-state index in [1.54, 1.807) is 0 Å². The quantitative estimate of drug-likeness (QED) is 0.0169. The third-order valence-corrected chi connectivity index (χ3v) is 18.0. The summed E-state index contributed by atoms with van der Waals surface area (Å²) in [6, 6.07) is 0. The highest BCUT2D eigenvalue weighted by Gasteiger charge is 2.30. The number of hydrogen-bond donors (Lipinski definition) is 3. The number of ether oxygens (including phenoxy) is 4.